The van der Waals surface area contributed by atoms with Gasteiger partial charge in [-0.3, -0.25) is 5.84 Å². The Hall–Kier alpha value is -2.05. The first-order chi connectivity index (χ1) is 9.15. The Balaban J connectivity index is 2.49. The molecule has 19 heavy (non-hydrogen) atoms. The molecule has 0 aliphatic carbocycles. The minimum atomic E-state index is -0.668. The van der Waals surface area contributed by atoms with Gasteiger partial charge < -0.3 is 4.74 Å². The van der Waals surface area contributed by atoms with Gasteiger partial charge in [0, 0.05) is 17.8 Å². The molecule has 1 aromatic carbocycles. The number of methoxy groups -OCH3 is 1. The van der Waals surface area contributed by atoms with Crippen LogP contribution in [0.2, 0.25) is 0 Å². The topological polar surface area (TPSA) is 60.2 Å². The highest BCUT2D eigenvalue weighted by Gasteiger charge is 2.19. The molecule has 1 heterocycles. The number of nitrogens with two attached hydrogens (primary N) is 1. The average molecular weight is 265 g/mol. The molecular formula is C13H13F2N3O. The fourth-order valence-corrected chi connectivity index (χ4v) is 1.90. The molecule has 2 rings (SSSR count). The maximum absolute atomic E-state index is 13.3. The van der Waals surface area contributed by atoms with E-state index in [1.807, 2.05) is 0 Å². The molecule has 0 saturated heterocycles. The van der Waals surface area contributed by atoms with Gasteiger partial charge in [0.25, 0.3) is 0 Å². The molecule has 0 aliphatic heterocycles. The lowest BCUT2D eigenvalue weighted by atomic mass is 10.00. The molecule has 3 N–H and O–H groups in total. The van der Waals surface area contributed by atoms with Crippen molar-refractivity contribution in [2.45, 2.75) is 6.04 Å². The Bertz CT molecular complexity index is 557. The van der Waals surface area contributed by atoms with Crippen molar-refractivity contribution in [1.29, 1.82) is 0 Å². The van der Waals surface area contributed by atoms with E-state index in [9.17, 15) is 8.78 Å². The fraction of sp³-hybridized carbons (Fsp3) is 0.154. The molecule has 0 fully saturated rings. The Morgan fingerprint density at radius 2 is 1.95 bits per heavy atom. The molecule has 0 spiro atoms. The SMILES string of the molecule is COc1ncccc1C(NN)c1cc(F)cc(F)c1. The predicted octanol–water partition coefficient (Wildman–Crippen LogP) is 1.92. The second kappa shape index (κ2) is 5.73. The molecule has 1 aromatic heterocycles. The molecule has 6 heteroatoms. The summed E-state index contributed by atoms with van der Waals surface area (Å²) in [4.78, 5) is 4.03. The van der Waals surface area contributed by atoms with Gasteiger partial charge in [0.2, 0.25) is 5.88 Å². The van der Waals surface area contributed by atoms with Gasteiger partial charge in [-0.1, -0.05) is 6.07 Å². The van der Waals surface area contributed by atoms with E-state index in [2.05, 4.69) is 10.4 Å². The van der Waals surface area contributed by atoms with Crippen molar-refractivity contribution in [3.63, 3.8) is 0 Å². The number of halogens is 2. The number of ether oxygens (including phenoxy) is 1. The van der Waals surface area contributed by atoms with E-state index in [0.29, 0.717) is 17.0 Å². The van der Waals surface area contributed by atoms with Gasteiger partial charge in [-0.05, 0) is 23.8 Å². The van der Waals surface area contributed by atoms with Crippen LogP contribution in [0.1, 0.15) is 17.2 Å². The molecule has 0 aliphatic rings. The van der Waals surface area contributed by atoms with Gasteiger partial charge in [0.1, 0.15) is 11.6 Å². The minimum Gasteiger partial charge on any atom is -0.481 e. The van der Waals surface area contributed by atoms with E-state index in [1.54, 1.807) is 18.3 Å². The van der Waals surface area contributed by atoms with Crippen LogP contribution in [0.25, 0.3) is 0 Å². The summed E-state index contributed by atoms with van der Waals surface area (Å²) in [5.74, 6) is 4.49. The summed E-state index contributed by atoms with van der Waals surface area (Å²) < 4.78 is 31.7. The standard InChI is InChI=1S/C13H13F2N3O/c1-19-13-11(3-2-4-17-13)12(18-16)8-5-9(14)7-10(15)6-8/h2-7,12,18H,16H2,1H3. The quantitative estimate of drug-likeness (QED) is 0.655. The Morgan fingerprint density at radius 1 is 1.26 bits per heavy atom. The summed E-state index contributed by atoms with van der Waals surface area (Å²) in [6, 6.07) is 6.02. The third-order valence-corrected chi connectivity index (χ3v) is 2.69. The zero-order chi connectivity index (χ0) is 13.8. The Morgan fingerprint density at radius 3 is 2.53 bits per heavy atom. The number of benzene rings is 1. The van der Waals surface area contributed by atoms with E-state index in [0.717, 1.165) is 6.07 Å². The van der Waals surface area contributed by atoms with Crippen LogP contribution in [0.3, 0.4) is 0 Å². The smallest absolute Gasteiger partial charge is 0.218 e. The van der Waals surface area contributed by atoms with E-state index in [-0.39, 0.29) is 0 Å². The van der Waals surface area contributed by atoms with Gasteiger partial charge >= 0.3 is 0 Å². The summed E-state index contributed by atoms with van der Waals surface area (Å²) >= 11 is 0. The second-order valence-corrected chi connectivity index (χ2v) is 3.90. The van der Waals surface area contributed by atoms with Crippen molar-refractivity contribution in [3.8, 4) is 5.88 Å². The van der Waals surface area contributed by atoms with Crippen molar-refractivity contribution in [2.24, 2.45) is 5.84 Å². The largest absolute Gasteiger partial charge is 0.481 e. The van der Waals surface area contributed by atoms with Crippen LogP contribution >= 0.6 is 0 Å². The van der Waals surface area contributed by atoms with Crippen molar-refractivity contribution >= 4 is 0 Å². The first kappa shape index (κ1) is 13.4. The maximum atomic E-state index is 13.3. The summed E-state index contributed by atoms with van der Waals surface area (Å²) in [7, 11) is 1.46. The summed E-state index contributed by atoms with van der Waals surface area (Å²) in [5, 5.41) is 0. The van der Waals surface area contributed by atoms with Crippen LogP contribution < -0.4 is 16.0 Å². The molecular weight excluding hydrogens is 252 g/mol. The van der Waals surface area contributed by atoms with Gasteiger partial charge in [0.15, 0.2) is 0 Å². The van der Waals surface area contributed by atoms with Crippen LogP contribution in [0.5, 0.6) is 5.88 Å². The predicted molar refractivity (Wildman–Crippen MR) is 66.3 cm³/mol. The number of nitrogens with zero attached hydrogens (tertiary/aromatic N) is 1. The number of hydrogen-bond acceptors (Lipinski definition) is 4. The molecule has 0 amide bonds. The number of hydrazine groups is 1. The number of pyridine rings is 1. The second-order valence-electron chi connectivity index (χ2n) is 3.90. The molecule has 1 unspecified atom stereocenters. The highest BCUT2D eigenvalue weighted by molar-refractivity contribution is 5.37. The third-order valence-electron chi connectivity index (χ3n) is 2.69. The van der Waals surface area contributed by atoms with Crippen LogP contribution in [-0.4, -0.2) is 12.1 Å². The first-order valence-electron chi connectivity index (χ1n) is 5.56. The lowest BCUT2D eigenvalue weighted by Gasteiger charge is -2.18. The number of hydrogen-bond donors (Lipinski definition) is 2. The number of aromatic nitrogens is 1. The Kier molecular flexibility index (Phi) is 4.03. The highest BCUT2D eigenvalue weighted by atomic mass is 19.1. The van der Waals surface area contributed by atoms with Gasteiger partial charge in [-0.2, -0.15) is 0 Å². The van der Waals surface area contributed by atoms with Gasteiger partial charge in [0.05, 0.1) is 13.2 Å². The fourth-order valence-electron chi connectivity index (χ4n) is 1.90. The molecule has 0 radical (unpaired) electrons. The monoisotopic (exact) mass is 265 g/mol. The lowest BCUT2D eigenvalue weighted by Crippen LogP contribution is -2.29. The number of rotatable bonds is 4. The Labute approximate surface area is 109 Å². The first-order valence-corrected chi connectivity index (χ1v) is 5.56. The van der Waals surface area contributed by atoms with Crippen molar-refractivity contribution < 1.29 is 13.5 Å². The lowest BCUT2D eigenvalue weighted by molar-refractivity contribution is 0.387. The van der Waals surface area contributed by atoms with E-state index < -0.39 is 17.7 Å². The van der Waals surface area contributed by atoms with Crippen LogP contribution in [0, 0.1) is 11.6 Å². The van der Waals surface area contributed by atoms with Crippen molar-refractivity contribution in [3.05, 3.63) is 59.3 Å². The normalized spacial score (nSPS) is 12.2. The van der Waals surface area contributed by atoms with Crippen LogP contribution in [0.4, 0.5) is 8.78 Å². The summed E-state index contributed by atoms with van der Waals surface area (Å²) in [6.07, 6.45) is 1.56. The van der Waals surface area contributed by atoms with Crippen LogP contribution in [-0.2, 0) is 0 Å². The van der Waals surface area contributed by atoms with E-state index in [1.165, 1.54) is 19.2 Å². The maximum Gasteiger partial charge on any atom is 0.218 e. The van der Waals surface area contributed by atoms with Crippen LogP contribution in [0.15, 0.2) is 36.5 Å². The average Bonchev–Trinajstić information content (AvgIpc) is 2.39. The minimum absolute atomic E-state index is 0.343. The molecule has 0 bridgehead atoms. The number of nitrogens with one attached hydrogen (secondary N) is 1. The molecule has 100 valence electrons. The molecule has 4 nitrogen and oxygen atoms in total. The third kappa shape index (κ3) is 2.86. The highest BCUT2D eigenvalue weighted by Crippen LogP contribution is 2.28. The zero-order valence-electron chi connectivity index (χ0n) is 10.2. The van der Waals surface area contributed by atoms with Gasteiger partial charge in [-0.15, -0.1) is 0 Å². The zero-order valence-corrected chi connectivity index (χ0v) is 10.2. The summed E-state index contributed by atoms with van der Waals surface area (Å²) in [5.41, 5.74) is 3.46. The van der Waals surface area contributed by atoms with E-state index in [4.69, 9.17) is 10.6 Å². The van der Waals surface area contributed by atoms with Gasteiger partial charge in [-0.25, -0.2) is 19.2 Å². The molecule has 1 atom stereocenters. The molecule has 0 saturated carbocycles. The van der Waals surface area contributed by atoms with E-state index >= 15 is 0 Å². The van der Waals surface area contributed by atoms with Crippen molar-refractivity contribution in [2.75, 3.05) is 7.11 Å². The van der Waals surface area contributed by atoms with Crippen molar-refractivity contribution in [1.82, 2.24) is 10.4 Å². The molecule has 2 aromatic rings. The summed E-state index contributed by atoms with van der Waals surface area (Å²) in [6.45, 7) is 0.